The molecule has 0 aliphatic heterocycles. The number of amides is 1. The van der Waals surface area contributed by atoms with Gasteiger partial charge in [0.15, 0.2) is 5.82 Å². The number of sulfonamides is 1. The molecule has 0 saturated heterocycles. The molecule has 0 bridgehead atoms. The molecular weight excluding hydrogens is 552 g/mol. The zero-order valence-corrected chi connectivity index (χ0v) is 25.4. The Kier molecular flexibility index (Phi) is 7.89. The van der Waals surface area contributed by atoms with E-state index in [0.29, 0.717) is 54.4 Å². The van der Waals surface area contributed by atoms with E-state index in [9.17, 15) is 13.2 Å². The molecule has 2 atom stereocenters. The van der Waals surface area contributed by atoms with Gasteiger partial charge in [0.1, 0.15) is 5.76 Å². The summed E-state index contributed by atoms with van der Waals surface area (Å²) < 4.78 is 41.0. The molecule has 9 nitrogen and oxygen atoms in total. The third-order valence-corrected chi connectivity index (χ3v) is 10.4. The fraction of sp³-hybridized carbons (Fsp3) is 0.500. The van der Waals surface area contributed by atoms with Crippen LogP contribution in [0.4, 0.5) is 5.82 Å². The summed E-state index contributed by atoms with van der Waals surface area (Å²) in [5.74, 6) is 2.74. The summed E-state index contributed by atoms with van der Waals surface area (Å²) in [6.45, 7) is 7.73. The van der Waals surface area contributed by atoms with Crippen LogP contribution in [0.1, 0.15) is 61.5 Å². The van der Waals surface area contributed by atoms with Gasteiger partial charge in [-0.3, -0.25) is 9.52 Å². The molecule has 1 amide bonds. The first-order valence-electron chi connectivity index (χ1n) is 15.0. The highest BCUT2D eigenvalue weighted by Gasteiger charge is 2.56. The third-order valence-electron chi connectivity index (χ3n) is 9.03. The molecule has 3 aromatic rings. The zero-order valence-electron chi connectivity index (χ0n) is 24.5. The fourth-order valence-electron chi connectivity index (χ4n) is 6.27. The van der Waals surface area contributed by atoms with Crippen LogP contribution in [0.15, 0.2) is 51.9 Å². The maximum absolute atomic E-state index is 13.6. The van der Waals surface area contributed by atoms with Crippen LogP contribution >= 0.6 is 0 Å². The van der Waals surface area contributed by atoms with E-state index in [1.807, 2.05) is 37.3 Å². The number of rotatable bonds is 13. The van der Waals surface area contributed by atoms with Gasteiger partial charge in [-0.15, -0.1) is 0 Å². The van der Waals surface area contributed by atoms with Crippen LogP contribution in [0, 0.1) is 31.6 Å². The second-order valence-corrected chi connectivity index (χ2v) is 13.9. The van der Waals surface area contributed by atoms with E-state index < -0.39 is 15.6 Å². The predicted octanol–water partition coefficient (Wildman–Crippen LogP) is 5.08. The summed E-state index contributed by atoms with van der Waals surface area (Å²) in [6, 6.07) is 12.8. The lowest BCUT2D eigenvalue weighted by Gasteiger charge is -2.30. The fourth-order valence-corrected chi connectivity index (χ4v) is 7.55. The molecule has 2 unspecified atom stereocenters. The van der Waals surface area contributed by atoms with E-state index in [1.165, 1.54) is 19.3 Å². The van der Waals surface area contributed by atoms with Crippen molar-refractivity contribution >= 4 is 21.7 Å². The summed E-state index contributed by atoms with van der Waals surface area (Å²) in [4.78, 5) is 13.5. The highest BCUT2D eigenvalue weighted by atomic mass is 32.2. The van der Waals surface area contributed by atoms with Gasteiger partial charge in [0.2, 0.25) is 5.91 Å². The van der Waals surface area contributed by atoms with Crippen molar-refractivity contribution in [3.63, 3.8) is 0 Å². The van der Waals surface area contributed by atoms with Crippen LogP contribution < -0.4 is 15.4 Å². The molecule has 1 aromatic heterocycles. The van der Waals surface area contributed by atoms with Gasteiger partial charge < -0.3 is 19.9 Å². The van der Waals surface area contributed by atoms with Gasteiger partial charge in [-0.1, -0.05) is 48.5 Å². The minimum absolute atomic E-state index is 0.0630. The minimum Gasteiger partial charge on any atom is -0.376 e. The number of benzene rings is 2. The van der Waals surface area contributed by atoms with Crippen LogP contribution in [0.2, 0.25) is 0 Å². The van der Waals surface area contributed by atoms with Gasteiger partial charge in [0.25, 0.3) is 10.0 Å². The van der Waals surface area contributed by atoms with E-state index in [4.69, 9.17) is 9.26 Å². The lowest BCUT2D eigenvalue weighted by Crippen LogP contribution is -2.55. The Bertz CT molecular complexity index is 1570. The van der Waals surface area contributed by atoms with Crippen LogP contribution in [-0.4, -0.2) is 38.2 Å². The largest absolute Gasteiger partial charge is 0.376 e. The average Bonchev–Trinajstić information content (AvgIpc) is 3.89. The highest BCUT2D eigenvalue weighted by molar-refractivity contribution is 7.92. The van der Waals surface area contributed by atoms with Gasteiger partial charge >= 0.3 is 0 Å². The highest BCUT2D eigenvalue weighted by Crippen LogP contribution is 2.56. The summed E-state index contributed by atoms with van der Waals surface area (Å²) in [5, 5.41) is 10.5. The number of aryl methyl sites for hydroxylation is 1. The molecule has 3 fully saturated rings. The molecule has 3 aliphatic carbocycles. The van der Waals surface area contributed by atoms with Crippen molar-refractivity contribution in [2.24, 2.45) is 17.8 Å². The zero-order chi connectivity index (χ0) is 29.5. The molecule has 3 aliphatic rings. The molecule has 42 heavy (non-hydrogen) atoms. The normalized spacial score (nSPS) is 23.0. The molecule has 3 saturated carbocycles. The Balaban J connectivity index is 1.26. The number of hydrogen-bond acceptors (Lipinski definition) is 7. The number of nitrogens with zero attached hydrogens (tertiary/aromatic N) is 1. The van der Waals surface area contributed by atoms with Gasteiger partial charge in [0, 0.05) is 24.3 Å². The second kappa shape index (κ2) is 11.5. The van der Waals surface area contributed by atoms with E-state index in [1.54, 1.807) is 26.0 Å². The molecule has 3 N–H and O–H groups in total. The smallest absolute Gasteiger partial charge is 0.263 e. The number of nitrogens with one attached hydrogen (secondary N) is 3. The SMILES string of the molecule is CCNC1(C(=O)NCc2ccc(-c3ccccc3S(=O)(=O)Nc3noc(C)c3C)c(COCC3CC3)c2)CC2CC2C1. The standard InChI is InChI=1S/C32H40N4O5S/c1-4-34-32(15-24-14-25(24)16-32)31(37)33-17-23-11-12-27(26(13-23)19-40-18-22-9-10-22)28-7-5-6-8-29(28)42(38,39)36-30-20(2)21(3)41-35-30/h5-8,11-13,22,24-25,34H,4,9-10,14-19H2,1-3H3,(H,33,37)(H,35,36). The maximum Gasteiger partial charge on any atom is 0.263 e. The maximum atomic E-state index is 13.6. The Labute approximate surface area is 247 Å². The van der Waals surface area contributed by atoms with E-state index in [2.05, 4.69) is 20.5 Å². The van der Waals surface area contributed by atoms with Crippen molar-refractivity contribution in [3.8, 4) is 11.1 Å². The first-order chi connectivity index (χ1) is 20.2. The molecule has 224 valence electrons. The Morgan fingerprint density at radius 2 is 1.86 bits per heavy atom. The lowest BCUT2D eigenvalue weighted by molar-refractivity contribution is -0.128. The predicted molar refractivity (Wildman–Crippen MR) is 160 cm³/mol. The summed E-state index contributed by atoms with van der Waals surface area (Å²) in [5.41, 5.74) is 3.33. The summed E-state index contributed by atoms with van der Waals surface area (Å²) in [6.07, 6.45) is 5.42. The van der Waals surface area contributed by atoms with Crippen LogP contribution in [-0.2, 0) is 32.7 Å². The van der Waals surface area contributed by atoms with Gasteiger partial charge in [0.05, 0.1) is 17.0 Å². The third kappa shape index (κ3) is 5.98. The van der Waals surface area contributed by atoms with Gasteiger partial charge in [-0.05, 0) is 93.0 Å². The van der Waals surface area contributed by atoms with Crippen LogP contribution in [0.3, 0.4) is 0 Å². The second-order valence-electron chi connectivity index (χ2n) is 12.2. The van der Waals surface area contributed by atoms with Crippen molar-refractivity contribution < 1.29 is 22.5 Å². The Morgan fingerprint density at radius 1 is 1.10 bits per heavy atom. The van der Waals surface area contributed by atoms with Crippen molar-refractivity contribution in [2.75, 3.05) is 17.9 Å². The first-order valence-corrected chi connectivity index (χ1v) is 16.5. The number of fused-ring (bicyclic) bond motifs is 1. The Morgan fingerprint density at radius 3 is 2.55 bits per heavy atom. The molecule has 0 spiro atoms. The Hall–Kier alpha value is -3.21. The molecule has 2 aromatic carbocycles. The summed E-state index contributed by atoms with van der Waals surface area (Å²) >= 11 is 0. The lowest BCUT2D eigenvalue weighted by atomic mass is 9.91. The van der Waals surface area contributed by atoms with Crippen molar-refractivity contribution in [1.82, 2.24) is 15.8 Å². The van der Waals surface area contributed by atoms with Crippen LogP contribution in [0.5, 0.6) is 0 Å². The molecule has 6 rings (SSSR count). The number of likely N-dealkylation sites (N-methyl/N-ethyl adjacent to an activating group) is 1. The van der Waals surface area contributed by atoms with Crippen molar-refractivity contribution in [1.29, 1.82) is 0 Å². The summed E-state index contributed by atoms with van der Waals surface area (Å²) in [7, 11) is -3.97. The molecular formula is C32H40N4O5S. The van der Waals surface area contributed by atoms with E-state index >= 15 is 0 Å². The van der Waals surface area contributed by atoms with E-state index in [-0.39, 0.29) is 16.6 Å². The average molecular weight is 593 g/mol. The number of aromatic nitrogens is 1. The number of hydrogen-bond donors (Lipinski definition) is 3. The van der Waals surface area contributed by atoms with Crippen molar-refractivity contribution in [2.45, 2.75) is 76.5 Å². The monoisotopic (exact) mass is 592 g/mol. The van der Waals surface area contributed by atoms with Crippen LogP contribution in [0.25, 0.3) is 11.1 Å². The minimum atomic E-state index is -3.97. The van der Waals surface area contributed by atoms with Crippen molar-refractivity contribution in [3.05, 3.63) is 64.9 Å². The number of carbonyl (C=O) groups excluding carboxylic acids is 1. The molecule has 10 heteroatoms. The molecule has 1 heterocycles. The topological polar surface area (TPSA) is 123 Å². The molecule has 0 radical (unpaired) electrons. The number of ether oxygens (including phenoxy) is 1. The quantitative estimate of drug-likeness (QED) is 0.253. The number of anilines is 1. The van der Waals surface area contributed by atoms with E-state index in [0.717, 1.165) is 36.1 Å². The van der Waals surface area contributed by atoms with Gasteiger partial charge in [-0.25, -0.2) is 8.42 Å². The van der Waals surface area contributed by atoms with Gasteiger partial charge in [-0.2, -0.15) is 0 Å². The number of carbonyl (C=O) groups is 1. The first kappa shape index (κ1) is 28.9.